The number of nitrogens with zero attached hydrogens (tertiary/aromatic N) is 1. The minimum absolute atomic E-state index is 0. The first-order valence-electron chi connectivity index (χ1n) is 20.3. The van der Waals surface area contributed by atoms with Gasteiger partial charge >= 0.3 is 5.97 Å². The van der Waals surface area contributed by atoms with Crippen LogP contribution in [0.3, 0.4) is 0 Å². The standard InChI is InChI=1S/C39H70NO13.C3H7.Y/c1-16-27-38(10,45)32(43)22(4)29(41)20(2)18-36(8,47-14)33(53-35-30(42)26(40(12)13)17-21(3)49-35)23(5)31(24(6)34(44)51-27)52-28-19-37(9,48-15)39(11,46)25(7)50-28;1-3-2;/h20-28,30-33,35,42-43,45-46H,11,16-19H2,1-10,12-15H3;1,3H2,2H3;/q2*-1;/t20-,21-,22+,23+,24-,25+,26+,27-,28+,30-,31+,32-,33-,35+,36+,37-,38-,39-;;/m1../s1. The van der Waals surface area contributed by atoms with E-state index < -0.39 is 101 Å². The molecule has 0 spiro atoms. The number of ether oxygens (including phenoxy) is 7. The summed E-state index contributed by atoms with van der Waals surface area (Å²) in [4.78, 5) is 30.1. The number of aliphatic hydroxyl groups is 4. The molecule has 0 saturated carbocycles. The topological polar surface area (TPSA) is 183 Å². The SMILES string of the molecule is [CH2-]CC.[CH2-][C@@]1(O)[C@H](C)O[C@@H](O[C@H]2[C@H](C)[C@@H](O[C@@H]3O[C@H](C)C[C@H](N(C)C)[C@H]3O)[C@@](C)(OC)C[C@@H](C)C(=O)[C@H](C)[C@@H](O)[C@](C)(O)[C@@H](CC)OC(=O)[C@@H]2C)C[C@@]1(C)OC.[Y]. The molecule has 0 aliphatic carbocycles. The molecule has 0 bridgehead atoms. The number of hydrogen-bond acceptors (Lipinski definition) is 14. The van der Waals surface area contributed by atoms with E-state index in [1.54, 1.807) is 48.5 Å². The Labute approximate surface area is 368 Å². The van der Waals surface area contributed by atoms with Gasteiger partial charge < -0.3 is 72.3 Å². The van der Waals surface area contributed by atoms with E-state index in [2.05, 4.69) is 13.8 Å². The van der Waals surface area contributed by atoms with Crippen molar-refractivity contribution in [2.45, 2.75) is 192 Å². The predicted molar refractivity (Wildman–Crippen MR) is 211 cm³/mol. The van der Waals surface area contributed by atoms with Crippen molar-refractivity contribution >= 4 is 11.8 Å². The Kier molecular flexibility index (Phi) is 21.4. The molecule has 4 N–H and O–H groups in total. The van der Waals surface area contributed by atoms with Gasteiger partial charge in [-0.25, -0.2) is 0 Å². The van der Waals surface area contributed by atoms with Crippen molar-refractivity contribution in [1.29, 1.82) is 0 Å². The maximum absolute atomic E-state index is 14.2. The average molecular weight is 893 g/mol. The van der Waals surface area contributed by atoms with Crippen molar-refractivity contribution in [2.75, 3.05) is 28.3 Å². The Hall–Kier alpha value is -0.196. The Morgan fingerprint density at radius 2 is 1.46 bits per heavy atom. The first-order valence-corrected chi connectivity index (χ1v) is 20.3. The monoisotopic (exact) mass is 892 g/mol. The molecule has 3 saturated heterocycles. The Morgan fingerprint density at radius 3 is 1.95 bits per heavy atom. The number of cyclic esters (lactones) is 1. The summed E-state index contributed by atoms with van der Waals surface area (Å²) in [6.07, 6.45) is -7.22. The van der Waals surface area contributed by atoms with E-state index in [1.165, 1.54) is 21.1 Å². The Balaban J connectivity index is 0.00000393. The number of esters is 1. The fourth-order valence-electron chi connectivity index (χ4n) is 8.64. The van der Waals surface area contributed by atoms with Crippen LogP contribution in [-0.4, -0.2) is 149 Å². The van der Waals surface area contributed by atoms with Crippen LogP contribution in [0.4, 0.5) is 0 Å². The van der Waals surface area contributed by atoms with Crippen molar-refractivity contribution in [3.63, 3.8) is 0 Å². The van der Waals surface area contributed by atoms with Crippen molar-refractivity contribution in [3.05, 3.63) is 13.8 Å². The summed E-state index contributed by atoms with van der Waals surface area (Å²) in [6, 6.07) is -0.292. The van der Waals surface area contributed by atoms with Crippen LogP contribution >= 0.6 is 0 Å². The van der Waals surface area contributed by atoms with Gasteiger partial charge in [0, 0.05) is 77.1 Å². The molecule has 3 heterocycles. The molecule has 0 aromatic carbocycles. The van der Waals surface area contributed by atoms with Crippen molar-refractivity contribution < 1.29 is 95.9 Å². The molecule has 333 valence electrons. The molecule has 18 atom stereocenters. The van der Waals surface area contributed by atoms with Gasteiger partial charge in [0.1, 0.15) is 23.6 Å². The van der Waals surface area contributed by atoms with Gasteiger partial charge in [-0.3, -0.25) is 9.59 Å². The maximum Gasteiger partial charge on any atom is 0.311 e. The summed E-state index contributed by atoms with van der Waals surface area (Å²) in [5.41, 5.74) is -6.07. The van der Waals surface area contributed by atoms with Gasteiger partial charge in [-0.1, -0.05) is 34.6 Å². The number of Topliss-reactive ketones (excluding diaryl/α,β-unsaturated/α-hetero) is 1. The minimum Gasteiger partial charge on any atom is -0.459 e. The molecule has 3 rings (SSSR count). The van der Waals surface area contributed by atoms with Crippen LogP contribution in [-0.2, 0) is 75.5 Å². The zero-order valence-electron chi connectivity index (χ0n) is 37.5. The second-order valence-electron chi connectivity index (χ2n) is 17.5. The first-order chi connectivity index (χ1) is 25.7. The molecule has 1 radical (unpaired) electrons. The number of rotatable bonds is 8. The smallest absolute Gasteiger partial charge is 0.311 e. The van der Waals surface area contributed by atoms with E-state index >= 15 is 0 Å². The quantitative estimate of drug-likeness (QED) is 0.204. The molecule has 0 aromatic heterocycles. The first kappa shape index (κ1) is 54.8. The van der Waals surface area contributed by atoms with Gasteiger partial charge in [-0.15, -0.1) is 0 Å². The third kappa shape index (κ3) is 12.3. The van der Waals surface area contributed by atoms with E-state index in [0.29, 0.717) is 6.42 Å². The summed E-state index contributed by atoms with van der Waals surface area (Å²) in [5.74, 6) is -4.56. The molecular formula is C42H77NO13Y-2. The maximum atomic E-state index is 14.2. The normalized spacial score (nSPS) is 46.6. The molecule has 3 aliphatic rings. The molecule has 14 nitrogen and oxygen atoms in total. The number of ketones is 1. The summed E-state index contributed by atoms with van der Waals surface area (Å²) in [7, 11) is 6.72. The number of methoxy groups -OCH3 is 2. The van der Waals surface area contributed by atoms with Crippen LogP contribution in [0.1, 0.15) is 108 Å². The van der Waals surface area contributed by atoms with Gasteiger partial charge in [0.25, 0.3) is 0 Å². The molecule has 0 unspecified atom stereocenters. The molecule has 3 aliphatic heterocycles. The van der Waals surface area contributed by atoms with E-state index in [1.807, 2.05) is 39.8 Å². The number of likely N-dealkylation sites (N-methyl/N-ethyl adjacent to an activating group) is 1. The Morgan fingerprint density at radius 1 is 0.895 bits per heavy atom. The number of carbonyl (C=O) groups is 2. The van der Waals surface area contributed by atoms with E-state index in [-0.39, 0.29) is 69.9 Å². The summed E-state index contributed by atoms with van der Waals surface area (Å²) >= 11 is 0. The van der Waals surface area contributed by atoms with Gasteiger partial charge in [-0.05, 0) is 80.5 Å². The average Bonchev–Trinajstić information content (AvgIpc) is 3.13. The van der Waals surface area contributed by atoms with Crippen LogP contribution in [0.25, 0.3) is 0 Å². The van der Waals surface area contributed by atoms with Crippen molar-refractivity contribution in [2.24, 2.45) is 23.7 Å². The molecular weight excluding hydrogens is 815 g/mol. The third-order valence-corrected chi connectivity index (χ3v) is 12.7. The van der Waals surface area contributed by atoms with Crippen LogP contribution in [0.5, 0.6) is 0 Å². The second kappa shape index (κ2) is 22.2. The number of aliphatic hydroxyl groups excluding tert-OH is 2. The largest absolute Gasteiger partial charge is 0.459 e. The molecule has 3 fully saturated rings. The second-order valence-corrected chi connectivity index (χ2v) is 17.5. The van der Waals surface area contributed by atoms with Gasteiger partial charge in [-0.2, -0.15) is 6.42 Å². The molecule has 0 aromatic rings. The van der Waals surface area contributed by atoms with Crippen LogP contribution in [0, 0.1) is 37.5 Å². The molecule has 15 heteroatoms. The van der Waals surface area contributed by atoms with Crippen LogP contribution in [0.15, 0.2) is 0 Å². The van der Waals surface area contributed by atoms with Crippen LogP contribution in [0.2, 0.25) is 0 Å². The fourth-order valence-corrected chi connectivity index (χ4v) is 8.64. The van der Waals surface area contributed by atoms with E-state index in [4.69, 9.17) is 33.2 Å². The van der Waals surface area contributed by atoms with Crippen LogP contribution < -0.4 is 0 Å². The fraction of sp³-hybridized carbons (Fsp3) is 0.905. The summed E-state index contributed by atoms with van der Waals surface area (Å²) in [5, 5.41) is 46.0. The van der Waals surface area contributed by atoms with E-state index in [9.17, 15) is 30.0 Å². The van der Waals surface area contributed by atoms with E-state index in [0.717, 1.165) is 6.42 Å². The zero-order valence-corrected chi connectivity index (χ0v) is 40.4. The Bertz CT molecular complexity index is 1260. The summed E-state index contributed by atoms with van der Waals surface area (Å²) < 4.78 is 44.0. The molecule has 0 amide bonds. The van der Waals surface area contributed by atoms with Crippen molar-refractivity contribution in [1.82, 2.24) is 4.90 Å². The summed E-state index contributed by atoms with van der Waals surface area (Å²) in [6.45, 7) is 26.4. The molecule has 57 heavy (non-hydrogen) atoms. The minimum atomic E-state index is -1.98. The number of carbonyl (C=O) groups excluding carboxylic acids is 2. The third-order valence-electron chi connectivity index (χ3n) is 12.7. The number of hydrogen-bond donors (Lipinski definition) is 4. The van der Waals surface area contributed by atoms with Gasteiger partial charge in [0.2, 0.25) is 0 Å². The van der Waals surface area contributed by atoms with Crippen molar-refractivity contribution in [3.8, 4) is 0 Å². The zero-order chi connectivity index (χ0) is 43.3. The van der Waals surface area contributed by atoms with Gasteiger partial charge in [0.15, 0.2) is 12.6 Å². The predicted octanol–water partition coefficient (Wildman–Crippen LogP) is 3.87. The van der Waals surface area contributed by atoms with Gasteiger partial charge in [0.05, 0.1) is 47.6 Å².